The summed E-state index contributed by atoms with van der Waals surface area (Å²) in [6.07, 6.45) is 3.29. The lowest BCUT2D eigenvalue weighted by Crippen LogP contribution is -2.40. The predicted octanol–water partition coefficient (Wildman–Crippen LogP) is 0.675. The molecule has 1 rings (SSSR count). The Balaban J connectivity index is 2.67. The predicted molar refractivity (Wildman–Crippen MR) is 53.4 cm³/mol. The molecule has 1 atom stereocenters. The summed E-state index contributed by atoms with van der Waals surface area (Å²) in [4.78, 5) is 25.9. The minimum absolute atomic E-state index is 0.349. The summed E-state index contributed by atoms with van der Waals surface area (Å²) >= 11 is 0. The number of hydrogen-bond donors (Lipinski definition) is 2. The van der Waals surface area contributed by atoms with Crippen molar-refractivity contribution in [1.82, 2.24) is 10.3 Å². The molecule has 1 unspecified atom stereocenters. The van der Waals surface area contributed by atoms with Crippen molar-refractivity contribution in [3.05, 3.63) is 30.1 Å². The fourth-order valence-electron chi connectivity index (χ4n) is 1.08. The van der Waals surface area contributed by atoms with Crippen LogP contribution in [0.5, 0.6) is 0 Å². The topological polar surface area (TPSA) is 79.3 Å². The van der Waals surface area contributed by atoms with E-state index in [9.17, 15) is 9.59 Å². The summed E-state index contributed by atoms with van der Waals surface area (Å²) in [6.45, 7) is 1.70. The zero-order valence-electron chi connectivity index (χ0n) is 8.30. The van der Waals surface area contributed by atoms with Crippen LogP contribution in [0.25, 0.3) is 0 Å². The molecule has 0 aliphatic heterocycles. The first-order valence-electron chi connectivity index (χ1n) is 4.58. The van der Waals surface area contributed by atoms with E-state index in [1.54, 1.807) is 25.3 Å². The van der Waals surface area contributed by atoms with Gasteiger partial charge in [0.05, 0.1) is 5.56 Å². The highest BCUT2D eigenvalue weighted by Crippen LogP contribution is 1.98. The molecule has 0 aliphatic rings. The maximum absolute atomic E-state index is 11.5. The lowest BCUT2D eigenvalue weighted by molar-refractivity contribution is -0.139. The van der Waals surface area contributed by atoms with Gasteiger partial charge in [-0.15, -0.1) is 0 Å². The molecule has 0 bridgehead atoms. The first kappa shape index (κ1) is 11.2. The number of nitrogens with one attached hydrogen (secondary N) is 1. The van der Waals surface area contributed by atoms with Gasteiger partial charge in [0.25, 0.3) is 5.91 Å². The second kappa shape index (κ2) is 5.09. The van der Waals surface area contributed by atoms with E-state index >= 15 is 0 Å². The van der Waals surface area contributed by atoms with Gasteiger partial charge in [-0.2, -0.15) is 0 Å². The van der Waals surface area contributed by atoms with Crippen molar-refractivity contribution in [2.75, 3.05) is 0 Å². The monoisotopic (exact) mass is 208 g/mol. The van der Waals surface area contributed by atoms with Crippen molar-refractivity contribution in [3.8, 4) is 0 Å². The number of aromatic nitrogens is 1. The maximum Gasteiger partial charge on any atom is 0.326 e. The third-order valence-corrected chi connectivity index (χ3v) is 1.94. The summed E-state index contributed by atoms with van der Waals surface area (Å²) in [5.74, 6) is -1.45. The number of pyridine rings is 1. The molecule has 80 valence electrons. The number of amides is 1. The highest BCUT2D eigenvalue weighted by molar-refractivity contribution is 5.96. The van der Waals surface area contributed by atoms with E-state index in [-0.39, 0.29) is 0 Å². The second-order valence-corrected chi connectivity index (χ2v) is 3.01. The molecule has 1 heterocycles. The van der Waals surface area contributed by atoms with Crippen LogP contribution in [0.2, 0.25) is 0 Å². The van der Waals surface area contributed by atoms with Gasteiger partial charge >= 0.3 is 5.97 Å². The van der Waals surface area contributed by atoms with E-state index in [1.165, 1.54) is 6.20 Å². The Kier molecular flexibility index (Phi) is 3.79. The van der Waals surface area contributed by atoms with Crippen molar-refractivity contribution in [2.24, 2.45) is 0 Å². The molecular formula is C10H12N2O3. The standard InChI is InChI=1S/C10H12N2O3/c1-2-8(10(14)15)12-9(13)7-4-3-5-11-6-7/h3-6,8H,2H2,1H3,(H,12,13)(H,14,15). The number of hydrogen-bond acceptors (Lipinski definition) is 3. The third-order valence-electron chi connectivity index (χ3n) is 1.94. The fraction of sp³-hybridized carbons (Fsp3) is 0.300. The van der Waals surface area contributed by atoms with Crippen molar-refractivity contribution in [1.29, 1.82) is 0 Å². The first-order valence-corrected chi connectivity index (χ1v) is 4.58. The maximum atomic E-state index is 11.5. The van der Waals surface area contributed by atoms with Gasteiger partial charge in [-0.25, -0.2) is 4.79 Å². The number of aliphatic carboxylic acids is 1. The Morgan fingerprint density at radius 1 is 1.60 bits per heavy atom. The quantitative estimate of drug-likeness (QED) is 0.762. The fourth-order valence-corrected chi connectivity index (χ4v) is 1.08. The van der Waals surface area contributed by atoms with Gasteiger partial charge in [0.2, 0.25) is 0 Å². The van der Waals surface area contributed by atoms with Gasteiger partial charge in [0.15, 0.2) is 0 Å². The molecule has 1 amide bonds. The minimum Gasteiger partial charge on any atom is -0.480 e. The molecule has 1 aromatic heterocycles. The Morgan fingerprint density at radius 2 is 2.33 bits per heavy atom. The molecule has 0 saturated heterocycles. The molecule has 0 spiro atoms. The van der Waals surface area contributed by atoms with Crippen LogP contribution >= 0.6 is 0 Å². The van der Waals surface area contributed by atoms with Crippen molar-refractivity contribution < 1.29 is 14.7 Å². The van der Waals surface area contributed by atoms with Crippen LogP contribution < -0.4 is 5.32 Å². The van der Waals surface area contributed by atoms with Gasteiger partial charge in [-0.1, -0.05) is 6.92 Å². The van der Waals surface area contributed by atoms with Crippen LogP contribution in [-0.4, -0.2) is 28.0 Å². The molecule has 5 nitrogen and oxygen atoms in total. The average molecular weight is 208 g/mol. The number of nitrogens with zero attached hydrogens (tertiary/aromatic N) is 1. The Morgan fingerprint density at radius 3 is 2.80 bits per heavy atom. The van der Waals surface area contributed by atoms with Crippen molar-refractivity contribution in [2.45, 2.75) is 19.4 Å². The van der Waals surface area contributed by atoms with E-state index in [0.29, 0.717) is 12.0 Å². The summed E-state index contributed by atoms with van der Waals surface area (Å²) < 4.78 is 0. The normalized spacial score (nSPS) is 11.8. The van der Waals surface area contributed by atoms with Gasteiger partial charge in [0, 0.05) is 12.4 Å². The van der Waals surface area contributed by atoms with E-state index in [1.807, 2.05) is 0 Å². The lowest BCUT2D eigenvalue weighted by Gasteiger charge is -2.11. The van der Waals surface area contributed by atoms with Gasteiger partial charge in [-0.05, 0) is 18.6 Å². The smallest absolute Gasteiger partial charge is 0.326 e. The molecule has 0 saturated carbocycles. The molecule has 5 heteroatoms. The van der Waals surface area contributed by atoms with Crippen LogP contribution in [0.3, 0.4) is 0 Å². The first-order chi connectivity index (χ1) is 7.15. The van der Waals surface area contributed by atoms with E-state index in [0.717, 1.165) is 0 Å². The molecule has 15 heavy (non-hydrogen) atoms. The lowest BCUT2D eigenvalue weighted by atomic mass is 10.2. The number of carboxylic acid groups (broad SMARTS) is 1. The zero-order valence-corrected chi connectivity index (χ0v) is 8.30. The number of carbonyl (C=O) groups is 2. The van der Waals surface area contributed by atoms with Crippen LogP contribution in [0.4, 0.5) is 0 Å². The molecule has 0 fully saturated rings. The van der Waals surface area contributed by atoms with Gasteiger partial charge in [0.1, 0.15) is 6.04 Å². The Hall–Kier alpha value is -1.91. The molecule has 0 aromatic carbocycles. The van der Waals surface area contributed by atoms with Gasteiger partial charge in [-0.3, -0.25) is 9.78 Å². The molecule has 1 aromatic rings. The Labute approximate surface area is 87.1 Å². The minimum atomic E-state index is -1.03. The van der Waals surface area contributed by atoms with Gasteiger partial charge < -0.3 is 10.4 Å². The van der Waals surface area contributed by atoms with Crippen LogP contribution in [0.15, 0.2) is 24.5 Å². The van der Waals surface area contributed by atoms with Crippen molar-refractivity contribution >= 4 is 11.9 Å². The summed E-state index contributed by atoms with van der Waals surface area (Å²) in [5.41, 5.74) is 0.359. The number of carboxylic acids is 1. The summed E-state index contributed by atoms with van der Waals surface area (Å²) in [7, 11) is 0. The van der Waals surface area contributed by atoms with Crippen LogP contribution in [-0.2, 0) is 4.79 Å². The molecule has 2 N–H and O–H groups in total. The van der Waals surface area contributed by atoms with Crippen LogP contribution in [0.1, 0.15) is 23.7 Å². The van der Waals surface area contributed by atoms with E-state index in [4.69, 9.17) is 5.11 Å². The third kappa shape index (κ3) is 3.05. The largest absolute Gasteiger partial charge is 0.480 e. The highest BCUT2D eigenvalue weighted by Gasteiger charge is 2.18. The molecule has 0 aliphatic carbocycles. The highest BCUT2D eigenvalue weighted by atomic mass is 16.4. The zero-order chi connectivity index (χ0) is 11.3. The number of carbonyl (C=O) groups excluding carboxylic acids is 1. The Bertz CT molecular complexity index is 351. The SMILES string of the molecule is CCC(NC(=O)c1cccnc1)C(=O)O. The second-order valence-electron chi connectivity index (χ2n) is 3.01. The summed E-state index contributed by atoms with van der Waals surface area (Å²) in [6, 6.07) is 2.35. The molecular weight excluding hydrogens is 196 g/mol. The average Bonchev–Trinajstić information content (AvgIpc) is 2.26. The molecule has 0 radical (unpaired) electrons. The van der Waals surface area contributed by atoms with E-state index < -0.39 is 17.9 Å². The van der Waals surface area contributed by atoms with Crippen LogP contribution in [0, 0.1) is 0 Å². The number of rotatable bonds is 4. The van der Waals surface area contributed by atoms with Crippen molar-refractivity contribution in [3.63, 3.8) is 0 Å². The van der Waals surface area contributed by atoms with E-state index in [2.05, 4.69) is 10.3 Å². The summed E-state index contributed by atoms with van der Waals surface area (Å²) in [5, 5.41) is 11.1.